The molecule has 4 aromatic rings. The number of amides is 1. The molecule has 1 amide bonds. The lowest BCUT2D eigenvalue weighted by Gasteiger charge is -2.23. The smallest absolute Gasteiger partial charge is 0.297 e. The van der Waals surface area contributed by atoms with Gasteiger partial charge in [-0.3, -0.25) is 19.3 Å². The lowest BCUT2D eigenvalue weighted by molar-refractivity contribution is 0.0969. The van der Waals surface area contributed by atoms with Gasteiger partial charge in [-0.25, -0.2) is 4.98 Å². The summed E-state index contributed by atoms with van der Waals surface area (Å²) < 4.78 is 17.2. The molecule has 3 heterocycles. The third kappa shape index (κ3) is 3.67. The van der Waals surface area contributed by atoms with Gasteiger partial charge in [-0.05, 0) is 50.6 Å². The van der Waals surface area contributed by atoms with Crippen molar-refractivity contribution in [1.82, 2.24) is 4.98 Å². The van der Waals surface area contributed by atoms with Gasteiger partial charge in [0.1, 0.15) is 5.58 Å². The van der Waals surface area contributed by atoms with Gasteiger partial charge in [0.15, 0.2) is 27.8 Å². The molecule has 1 aliphatic heterocycles. The second-order valence-corrected chi connectivity index (χ2v) is 9.54. The average Bonchev–Trinajstić information content (AvgIpc) is 3.37. The number of nitrogens with zero attached hydrogens (tertiary/aromatic N) is 2. The molecule has 0 bridgehead atoms. The van der Waals surface area contributed by atoms with E-state index in [4.69, 9.17) is 13.9 Å². The Balaban J connectivity index is 1.79. The van der Waals surface area contributed by atoms with Crippen LogP contribution in [-0.2, 0) is 0 Å². The third-order valence-electron chi connectivity index (χ3n) is 6.14. The summed E-state index contributed by atoms with van der Waals surface area (Å²) in [7, 11) is 1.53. The highest BCUT2D eigenvalue weighted by Crippen LogP contribution is 2.44. The van der Waals surface area contributed by atoms with E-state index in [0.29, 0.717) is 50.3 Å². The predicted octanol–water partition coefficient (Wildman–Crippen LogP) is 5.23. The number of Topliss-reactive ketones (excluding diaryl/α,β-unsaturated/α-hetero) is 1. The number of carbonyl (C=O) groups excluding carboxylic acids is 2. The zero-order valence-electron chi connectivity index (χ0n) is 20.5. The van der Waals surface area contributed by atoms with Gasteiger partial charge >= 0.3 is 0 Å². The molecule has 8 nitrogen and oxygen atoms in total. The molecule has 9 heteroatoms. The van der Waals surface area contributed by atoms with Crippen molar-refractivity contribution in [3.05, 3.63) is 79.6 Å². The molecule has 2 aromatic carbocycles. The number of hydrogen-bond acceptors (Lipinski definition) is 8. The first kappa shape index (κ1) is 23.7. The Hall–Kier alpha value is -3.98. The Kier molecular flexibility index (Phi) is 5.88. The first-order valence-electron chi connectivity index (χ1n) is 11.4. The Morgan fingerprint density at radius 2 is 1.92 bits per heavy atom. The molecule has 2 aromatic heterocycles. The van der Waals surface area contributed by atoms with Gasteiger partial charge in [-0.1, -0.05) is 29.0 Å². The summed E-state index contributed by atoms with van der Waals surface area (Å²) in [6, 6.07) is 9.73. The van der Waals surface area contributed by atoms with E-state index in [1.807, 2.05) is 19.9 Å². The number of fused-ring (bicyclic) bond motifs is 2. The van der Waals surface area contributed by atoms with E-state index >= 15 is 0 Å². The highest BCUT2D eigenvalue weighted by atomic mass is 32.1. The van der Waals surface area contributed by atoms with Crippen LogP contribution in [0.5, 0.6) is 11.5 Å². The number of carbonyl (C=O) groups is 2. The van der Waals surface area contributed by atoms with Gasteiger partial charge in [0, 0.05) is 6.92 Å². The lowest BCUT2D eigenvalue weighted by atomic mass is 9.98. The number of methoxy groups -OCH3 is 1. The largest absolute Gasteiger partial charge is 0.493 e. The van der Waals surface area contributed by atoms with Crippen LogP contribution in [-0.4, -0.2) is 30.4 Å². The molecular weight excluding hydrogens is 480 g/mol. The number of benzene rings is 2. The van der Waals surface area contributed by atoms with E-state index in [2.05, 4.69) is 4.98 Å². The lowest BCUT2D eigenvalue weighted by Crippen LogP contribution is -2.29. The maximum Gasteiger partial charge on any atom is 0.297 e. The molecule has 1 unspecified atom stereocenters. The van der Waals surface area contributed by atoms with Crippen LogP contribution in [0.3, 0.4) is 0 Å². The number of hydrogen-bond donors (Lipinski definition) is 0. The van der Waals surface area contributed by atoms with E-state index in [-0.39, 0.29) is 22.5 Å². The average molecular weight is 505 g/mol. The number of aromatic nitrogens is 1. The highest BCUT2D eigenvalue weighted by molar-refractivity contribution is 7.17. The molecular formula is C27H24N2O6S. The number of ether oxygens (including phenoxy) is 2. The van der Waals surface area contributed by atoms with Gasteiger partial charge in [-0.15, -0.1) is 0 Å². The van der Waals surface area contributed by atoms with Crippen LogP contribution in [0, 0.1) is 13.8 Å². The van der Waals surface area contributed by atoms with Gasteiger partial charge in [-0.2, -0.15) is 0 Å². The van der Waals surface area contributed by atoms with Crippen LogP contribution in [0.4, 0.5) is 5.13 Å². The van der Waals surface area contributed by atoms with Gasteiger partial charge < -0.3 is 13.9 Å². The van der Waals surface area contributed by atoms with Crippen molar-refractivity contribution in [2.45, 2.75) is 33.7 Å². The summed E-state index contributed by atoms with van der Waals surface area (Å²) in [6.45, 7) is 7.39. The van der Waals surface area contributed by atoms with Crippen LogP contribution in [0.2, 0.25) is 0 Å². The van der Waals surface area contributed by atoms with E-state index in [1.54, 1.807) is 37.3 Å². The fraction of sp³-hybridized carbons (Fsp3) is 0.259. The zero-order valence-corrected chi connectivity index (χ0v) is 21.3. The molecule has 1 atom stereocenters. The molecule has 184 valence electrons. The summed E-state index contributed by atoms with van der Waals surface area (Å²) in [5.74, 6) is 0.341. The number of rotatable bonds is 6. The third-order valence-corrected chi connectivity index (χ3v) is 7.40. The summed E-state index contributed by atoms with van der Waals surface area (Å²) >= 11 is 1.12. The van der Waals surface area contributed by atoms with E-state index < -0.39 is 11.9 Å². The first-order chi connectivity index (χ1) is 17.2. The highest BCUT2D eigenvalue weighted by Gasteiger charge is 2.45. The number of aryl methyl sites for hydroxylation is 2. The summed E-state index contributed by atoms with van der Waals surface area (Å²) in [5, 5.41) is 0.706. The van der Waals surface area contributed by atoms with Crippen LogP contribution < -0.4 is 19.8 Å². The van der Waals surface area contributed by atoms with Crippen molar-refractivity contribution in [2.24, 2.45) is 0 Å². The SMILES string of the molecule is CCOc1ccc(C2c3c(oc4ccc(C)cc4c3=O)C(=O)N2c2nc(C)c(C(C)=O)s2)cc1OC. The van der Waals surface area contributed by atoms with Crippen LogP contribution in [0.1, 0.15) is 62.5 Å². The van der Waals surface area contributed by atoms with Gasteiger partial charge in [0.2, 0.25) is 5.76 Å². The minimum absolute atomic E-state index is 0.0357. The standard InChI is InChI=1S/C27H24N2O6S/c1-6-34-19-10-8-16(12-20(19)33-5)22-21-23(31)17-11-13(2)7-9-18(17)35-24(21)26(32)29(22)27-28-14(3)25(36-27)15(4)30/h7-12,22H,6H2,1-5H3. The van der Waals surface area contributed by atoms with Crippen molar-refractivity contribution in [1.29, 1.82) is 0 Å². The van der Waals surface area contributed by atoms with Crippen molar-refractivity contribution in [3.63, 3.8) is 0 Å². The Labute approximate surface area is 211 Å². The van der Waals surface area contributed by atoms with Crippen molar-refractivity contribution >= 4 is 39.1 Å². The molecule has 0 aliphatic carbocycles. The molecule has 0 radical (unpaired) electrons. The van der Waals surface area contributed by atoms with Crippen molar-refractivity contribution in [2.75, 3.05) is 18.6 Å². The van der Waals surface area contributed by atoms with Gasteiger partial charge in [0.05, 0.1) is 41.3 Å². The number of thiazole rings is 1. The summed E-state index contributed by atoms with van der Waals surface area (Å²) in [6.07, 6.45) is 0. The van der Waals surface area contributed by atoms with E-state index in [9.17, 15) is 14.4 Å². The van der Waals surface area contributed by atoms with Crippen LogP contribution in [0.15, 0.2) is 45.6 Å². The molecule has 36 heavy (non-hydrogen) atoms. The van der Waals surface area contributed by atoms with Crippen molar-refractivity contribution in [3.8, 4) is 11.5 Å². The summed E-state index contributed by atoms with van der Waals surface area (Å²) in [4.78, 5) is 46.2. The first-order valence-corrected chi connectivity index (χ1v) is 12.3. The minimum atomic E-state index is -0.830. The minimum Gasteiger partial charge on any atom is -0.493 e. The van der Waals surface area contributed by atoms with Crippen LogP contribution in [0.25, 0.3) is 11.0 Å². The van der Waals surface area contributed by atoms with Crippen molar-refractivity contribution < 1.29 is 23.5 Å². The molecule has 0 spiro atoms. The number of ketones is 1. The Morgan fingerprint density at radius 1 is 1.14 bits per heavy atom. The maximum absolute atomic E-state index is 13.8. The quantitative estimate of drug-likeness (QED) is 0.332. The van der Waals surface area contributed by atoms with E-state index in [1.165, 1.54) is 18.9 Å². The fourth-order valence-electron chi connectivity index (χ4n) is 4.54. The predicted molar refractivity (Wildman–Crippen MR) is 137 cm³/mol. The van der Waals surface area contributed by atoms with Gasteiger partial charge in [0.25, 0.3) is 5.91 Å². The summed E-state index contributed by atoms with van der Waals surface area (Å²) in [5.41, 5.74) is 2.32. The molecule has 0 fully saturated rings. The monoisotopic (exact) mass is 504 g/mol. The molecule has 0 saturated carbocycles. The Bertz CT molecular complexity index is 1600. The normalized spacial score (nSPS) is 14.9. The Morgan fingerprint density at radius 3 is 2.58 bits per heavy atom. The topological polar surface area (TPSA) is 98.9 Å². The number of anilines is 1. The molecule has 0 saturated heterocycles. The second-order valence-electron chi connectivity index (χ2n) is 8.56. The van der Waals surface area contributed by atoms with E-state index in [0.717, 1.165) is 16.9 Å². The molecule has 0 N–H and O–H groups in total. The second kappa shape index (κ2) is 8.91. The fourth-order valence-corrected chi connectivity index (χ4v) is 5.53. The van der Waals surface area contributed by atoms with Crippen LogP contribution >= 0.6 is 11.3 Å². The molecule has 1 aliphatic rings. The molecule has 5 rings (SSSR count). The maximum atomic E-state index is 13.8. The zero-order chi connectivity index (χ0) is 25.7.